The van der Waals surface area contributed by atoms with Crippen LogP contribution >= 0.6 is 0 Å². The lowest BCUT2D eigenvalue weighted by atomic mass is 10.1. The number of methoxy groups -OCH3 is 1. The third-order valence-electron chi connectivity index (χ3n) is 4.64. The highest BCUT2D eigenvalue weighted by Gasteiger charge is 2.33. The molecule has 2 heterocycles. The van der Waals surface area contributed by atoms with Gasteiger partial charge in [-0.2, -0.15) is 5.10 Å². The van der Waals surface area contributed by atoms with Crippen LogP contribution in [-0.4, -0.2) is 46.8 Å². The predicted octanol–water partition coefficient (Wildman–Crippen LogP) is 2.00. The molecule has 1 aliphatic rings. The second kappa shape index (κ2) is 6.65. The van der Waals surface area contributed by atoms with E-state index in [-0.39, 0.29) is 11.9 Å². The zero-order chi connectivity index (χ0) is 17.3. The lowest BCUT2D eigenvalue weighted by Crippen LogP contribution is -2.34. The van der Waals surface area contributed by atoms with Crippen LogP contribution < -0.4 is 10.5 Å². The van der Waals surface area contributed by atoms with Gasteiger partial charge in [0.05, 0.1) is 7.11 Å². The predicted molar refractivity (Wildman–Crippen MR) is 92.5 cm³/mol. The van der Waals surface area contributed by atoms with Gasteiger partial charge < -0.3 is 15.4 Å². The van der Waals surface area contributed by atoms with Crippen LogP contribution in [0.3, 0.4) is 0 Å². The summed E-state index contributed by atoms with van der Waals surface area (Å²) in [5, 5.41) is 4.47. The number of rotatable bonds is 4. The van der Waals surface area contributed by atoms with Crippen LogP contribution in [-0.2, 0) is 0 Å². The summed E-state index contributed by atoms with van der Waals surface area (Å²) >= 11 is 0. The first-order valence-corrected chi connectivity index (χ1v) is 8.25. The first-order chi connectivity index (χ1) is 11.5. The fraction of sp³-hybridized carbons (Fsp3) is 0.444. The second-order valence-corrected chi connectivity index (χ2v) is 6.46. The number of likely N-dealkylation sites (tertiary alicyclic amines) is 1. The zero-order valence-electron chi connectivity index (χ0n) is 14.4. The molecule has 1 saturated heterocycles. The standard InChI is InChI=1S/C18H24N4O2/c1-12-4-5-17(24-3)16(8-12)22-7-6-15(20-22)18(23)21-11-14(10-19)9-13(21)2/h4-8,13-14H,9-11,19H2,1-3H3. The molecule has 6 nitrogen and oxygen atoms in total. The molecule has 2 aromatic rings. The molecule has 1 amide bonds. The van der Waals surface area contributed by atoms with Crippen molar-refractivity contribution in [1.29, 1.82) is 0 Å². The van der Waals surface area contributed by atoms with Crippen LogP contribution in [0.2, 0.25) is 0 Å². The van der Waals surface area contributed by atoms with E-state index < -0.39 is 0 Å². The number of ether oxygens (including phenoxy) is 1. The summed E-state index contributed by atoms with van der Waals surface area (Å²) in [7, 11) is 1.63. The van der Waals surface area contributed by atoms with Crippen molar-refractivity contribution in [2.45, 2.75) is 26.3 Å². The number of nitrogens with zero attached hydrogens (tertiary/aromatic N) is 3. The van der Waals surface area contributed by atoms with Crippen LogP contribution in [0.5, 0.6) is 5.75 Å². The average Bonchev–Trinajstić information content (AvgIpc) is 3.21. The molecular weight excluding hydrogens is 304 g/mol. The van der Waals surface area contributed by atoms with Crippen LogP contribution in [0.4, 0.5) is 0 Å². The summed E-state index contributed by atoms with van der Waals surface area (Å²) in [4.78, 5) is 14.6. The minimum Gasteiger partial charge on any atom is -0.494 e. The van der Waals surface area contributed by atoms with Gasteiger partial charge in [0, 0.05) is 18.8 Å². The van der Waals surface area contributed by atoms with Gasteiger partial charge in [0.15, 0.2) is 5.69 Å². The number of nitrogens with two attached hydrogens (primary N) is 1. The Balaban J connectivity index is 1.86. The molecule has 0 radical (unpaired) electrons. The van der Waals surface area contributed by atoms with E-state index in [1.807, 2.05) is 30.0 Å². The maximum atomic E-state index is 12.8. The normalized spacial score (nSPS) is 20.4. The first-order valence-electron chi connectivity index (χ1n) is 8.25. The number of amides is 1. The molecule has 3 rings (SSSR count). The Hall–Kier alpha value is -2.34. The van der Waals surface area contributed by atoms with Crippen LogP contribution in [0.25, 0.3) is 5.69 Å². The Bertz CT molecular complexity index is 740. The van der Waals surface area contributed by atoms with Crippen molar-refractivity contribution in [2.24, 2.45) is 11.7 Å². The van der Waals surface area contributed by atoms with E-state index in [9.17, 15) is 4.79 Å². The molecule has 1 fully saturated rings. The molecule has 1 aliphatic heterocycles. The number of carbonyl (C=O) groups is 1. The van der Waals surface area contributed by atoms with Crippen molar-refractivity contribution >= 4 is 5.91 Å². The Morgan fingerprint density at radius 3 is 2.88 bits per heavy atom. The summed E-state index contributed by atoms with van der Waals surface area (Å²) in [5.41, 5.74) is 8.13. The highest BCUT2D eigenvalue weighted by atomic mass is 16.5. The molecule has 2 atom stereocenters. The molecular formula is C18H24N4O2. The summed E-state index contributed by atoms with van der Waals surface area (Å²) in [6, 6.07) is 7.83. The Morgan fingerprint density at radius 1 is 1.42 bits per heavy atom. The number of benzene rings is 1. The monoisotopic (exact) mass is 328 g/mol. The van der Waals surface area contributed by atoms with Gasteiger partial charge in [0.1, 0.15) is 11.4 Å². The SMILES string of the molecule is COc1ccc(C)cc1-n1ccc(C(=O)N2CC(CN)CC2C)n1. The number of hydrogen-bond acceptors (Lipinski definition) is 4. The van der Waals surface area contributed by atoms with Crippen LogP contribution in [0.15, 0.2) is 30.5 Å². The number of carbonyl (C=O) groups excluding carboxylic acids is 1. The van der Waals surface area contributed by atoms with Crippen molar-refractivity contribution < 1.29 is 9.53 Å². The summed E-state index contributed by atoms with van der Waals surface area (Å²) < 4.78 is 7.09. The van der Waals surface area contributed by atoms with Gasteiger partial charge in [0.2, 0.25) is 0 Å². The number of aromatic nitrogens is 2. The summed E-state index contributed by atoms with van der Waals surface area (Å²) in [6.07, 6.45) is 2.75. The van der Waals surface area contributed by atoms with E-state index in [0.29, 0.717) is 24.7 Å². The molecule has 2 unspecified atom stereocenters. The quantitative estimate of drug-likeness (QED) is 0.931. The molecule has 128 valence electrons. The molecule has 0 saturated carbocycles. The largest absolute Gasteiger partial charge is 0.494 e. The summed E-state index contributed by atoms with van der Waals surface area (Å²) in [6.45, 7) is 5.39. The number of hydrogen-bond donors (Lipinski definition) is 1. The average molecular weight is 328 g/mol. The van der Waals surface area contributed by atoms with Crippen LogP contribution in [0.1, 0.15) is 29.4 Å². The Morgan fingerprint density at radius 2 is 2.21 bits per heavy atom. The topological polar surface area (TPSA) is 73.4 Å². The third-order valence-corrected chi connectivity index (χ3v) is 4.64. The van der Waals surface area contributed by atoms with E-state index in [2.05, 4.69) is 12.0 Å². The van der Waals surface area contributed by atoms with Crippen molar-refractivity contribution in [1.82, 2.24) is 14.7 Å². The Labute approximate surface area is 142 Å². The van der Waals surface area contributed by atoms with Gasteiger partial charge in [-0.15, -0.1) is 0 Å². The van der Waals surface area contributed by atoms with E-state index in [1.54, 1.807) is 24.1 Å². The maximum Gasteiger partial charge on any atom is 0.274 e. The lowest BCUT2D eigenvalue weighted by Gasteiger charge is -2.20. The Kier molecular flexibility index (Phi) is 4.57. The van der Waals surface area contributed by atoms with E-state index in [0.717, 1.165) is 23.4 Å². The fourth-order valence-corrected chi connectivity index (χ4v) is 3.29. The van der Waals surface area contributed by atoms with Gasteiger partial charge in [-0.05, 0) is 56.5 Å². The summed E-state index contributed by atoms with van der Waals surface area (Å²) in [5.74, 6) is 1.06. The lowest BCUT2D eigenvalue weighted by molar-refractivity contribution is 0.0737. The highest BCUT2D eigenvalue weighted by Crippen LogP contribution is 2.26. The zero-order valence-corrected chi connectivity index (χ0v) is 14.4. The van der Waals surface area contributed by atoms with Crippen molar-refractivity contribution in [3.63, 3.8) is 0 Å². The molecule has 24 heavy (non-hydrogen) atoms. The number of aryl methyl sites for hydroxylation is 1. The van der Waals surface area contributed by atoms with E-state index >= 15 is 0 Å². The molecule has 0 spiro atoms. The molecule has 0 aliphatic carbocycles. The molecule has 2 N–H and O–H groups in total. The second-order valence-electron chi connectivity index (χ2n) is 6.46. The highest BCUT2D eigenvalue weighted by molar-refractivity contribution is 5.92. The molecule has 1 aromatic heterocycles. The molecule has 1 aromatic carbocycles. The fourth-order valence-electron chi connectivity index (χ4n) is 3.29. The minimum absolute atomic E-state index is 0.0381. The maximum absolute atomic E-state index is 12.8. The van der Waals surface area contributed by atoms with E-state index in [4.69, 9.17) is 10.5 Å². The minimum atomic E-state index is -0.0381. The van der Waals surface area contributed by atoms with Crippen molar-refractivity contribution in [3.8, 4) is 11.4 Å². The molecule has 0 bridgehead atoms. The van der Waals surface area contributed by atoms with Crippen molar-refractivity contribution in [3.05, 3.63) is 41.7 Å². The first kappa shape index (κ1) is 16.5. The smallest absolute Gasteiger partial charge is 0.274 e. The van der Waals surface area contributed by atoms with Gasteiger partial charge >= 0.3 is 0 Å². The van der Waals surface area contributed by atoms with Gasteiger partial charge in [0.25, 0.3) is 5.91 Å². The van der Waals surface area contributed by atoms with Crippen LogP contribution in [0, 0.1) is 12.8 Å². The van der Waals surface area contributed by atoms with Gasteiger partial charge in [-0.1, -0.05) is 6.07 Å². The van der Waals surface area contributed by atoms with Crippen molar-refractivity contribution in [2.75, 3.05) is 20.2 Å². The van der Waals surface area contributed by atoms with E-state index in [1.165, 1.54) is 0 Å². The van der Waals surface area contributed by atoms with Gasteiger partial charge in [-0.3, -0.25) is 4.79 Å². The molecule has 6 heteroatoms. The van der Waals surface area contributed by atoms with Gasteiger partial charge in [-0.25, -0.2) is 4.68 Å². The third kappa shape index (κ3) is 3.01.